The standard InChI is InChI=1S/C10H18F3N3O2/c11-10(12,13)7-15-9(18)14-5-8(17)6-16-3-1-2-4-16/h8,17H,1-7H2,(H2,14,15,18). The number of hydrogen-bond acceptors (Lipinski definition) is 3. The quantitative estimate of drug-likeness (QED) is 0.673. The molecule has 0 spiro atoms. The van der Waals surface area contributed by atoms with Crippen LogP contribution in [0.25, 0.3) is 0 Å². The number of amides is 2. The van der Waals surface area contributed by atoms with Gasteiger partial charge in [0.05, 0.1) is 6.10 Å². The molecule has 18 heavy (non-hydrogen) atoms. The Morgan fingerprint density at radius 2 is 1.89 bits per heavy atom. The molecule has 0 radical (unpaired) electrons. The van der Waals surface area contributed by atoms with Gasteiger partial charge >= 0.3 is 12.2 Å². The van der Waals surface area contributed by atoms with Crippen molar-refractivity contribution in [3.8, 4) is 0 Å². The topological polar surface area (TPSA) is 64.6 Å². The molecule has 1 rings (SSSR count). The van der Waals surface area contributed by atoms with E-state index < -0.39 is 24.9 Å². The van der Waals surface area contributed by atoms with E-state index in [2.05, 4.69) is 10.2 Å². The van der Waals surface area contributed by atoms with E-state index in [4.69, 9.17) is 0 Å². The summed E-state index contributed by atoms with van der Waals surface area (Å²) in [6.07, 6.45) is -3.01. The summed E-state index contributed by atoms with van der Waals surface area (Å²) in [4.78, 5) is 13.0. The van der Waals surface area contributed by atoms with Crippen molar-refractivity contribution in [2.45, 2.75) is 25.1 Å². The lowest BCUT2D eigenvalue weighted by molar-refractivity contribution is -0.122. The van der Waals surface area contributed by atoms with Crippen molar-refractivity contribution in [1.82, 2.24) is 15.5 Å². The third kappa shape index (κ3) is 6.65. The zero-order valence-corrected chi connectivity index (χ0v) is 9.96. The highest BCUT2D eigenvalue weighted by atomic mass is 19.4. The largest absolute Gasteiger partial charge is 0.405 e. The molecule has 1 aliphatic rings. The van der Waals surface area contributed by atoms with Crippen LogP contribution in [0.5, 0.6) is 0 Å². The average Bonchev–Trinajstić information content (AvgIpc) is 2.75. The van der Waals surface area contributed by atoms with Gasteiger partial charge in [0.1, 0.15) is 6.54 Å². The Bertz CT molecular complexity index is 268. The van der Waals surface area contributed by atoms with Crippen LogP contribution < -0.4 is 10.6 Å². The summed E-state index contributed by atoms with van der Waals surface area (Å²) in [5, 5.41) is 13.5. The van der Waals surface area contributed by atoms with Crippen LogP contribution in [-0.2, 0) is 0 Å². The highest BCUT2D eigenvalue weighted by Gasteiger charge is 2.27. The zero-order chi connectivity index (χ0) is 13.6. The number of carbonyl (C=O) groups excluding carboxylic acids is 1. The Morgan fingerprint density at radius 3 is 2.44 bits per heavy atom. The second-order valence-corrected chi connectivity index (χ2v) is 4.34. The van der Waals surface area contributed by atoms with E-state index >= 15 is 0 Å². The minimum Gasteiger partial charge on any atom is -0.390 e. The highest BCUT2D eigenvalue weighted by Crippen LogP contribution is 2.11. The fourth-order valence-electron chi connectivity index (χ4n) is 1.78. The molecule has 1 saturated heterocycles. The first-order chi connectivity index (χ1) is 8.37. The lowest BCUT2D eigenvalue weighted by Crippen LogP contribution is -2.45. The van der Waals surface area contributed by atoms with Crippen LogP contribution in [-0.4, -0.2) is 61.0 Å². The minimum absolute atomic E-state index is 0.0554. The molecule has 1 aliphatic heterocycles. The van der Waals surface area contributed by atoms with Crippen molar-refractivity contribution < 1.29 is 23.1 Å². The van der Waals surface area contributed by atoms with E-state index in [1.165, 1.54) is 0 Å². The van der Waals surface area contributed by atoms with E-state index in [1.54, 1.807) is 5.32 Å². The number of β-amino-alcohol motifs (C(OH)–C–C–N with tert-alkyl or cyclic N) is 1. The van der Waals surface area contributed by atoms with Crippen LogP contribution in [0.15, 0.2) is 0 Å². The van der Waals surface area contributed by atoms with Crippen LogP contribution in [0, 0.1) is 0 Å². The number of aliphatic hydroxyl groups is 1. The maximum Gasteiger partial charge on any atom is 0.405 e. The summed E-state index contributed by atoms with van der Waals surface area (Å²) in [7, 11) is 0. The summed E-state index contributed by atoms with van der Waals surface area (Å²) < 4.78 is 35.4. The number of alkyl halides is 3. The van der Waals surface area contributed by atoms with Gasteiger partial charge in [0.2, 0.25) is 0 Å². The number of nitrogens with zero attached hydrogens (tertiary/aromatic N) is 1. The Morgan fingerprint density at radius 1 is 1.28 bits per heavy atom. The SMILES string of the molecule is O=C(NCC(O)CN1CCCC1)NCC(F)(F)F. The van der Waals surface area contributed by atoms with Crippen molar-refractivity contribution in [3.63, 3.8) is 0 Å². The molecule has 1 fully saturated rings. The van der Waals surface area contributed by atoms with E-state index in [0.29, 0.717) is 6.54 Å². The molecule has 1 unspecified atom stereocenters. The van der Waals surface area contributed by atoms with Crippen LogP contribution >= 0.6 is 0 Å². The lowest BCUT2D eigenvalue weighted by atomic mass is 10.3. The molecule has 0 aromatic rings. The molecule has 106 valence electrons. The van der Waals surface area contributed by atoms with Crippen molar-refractivity contribution in [3.05, 3.63) is 0 Å². The number of carbonyl (C=O) groups is 1. The molecule has 1 atom stereocenters. The third-order valence-electron chi connectivity index (χ3n) is 2.62. The van der Waals surface area contributed by atoms with E-state index in [9.17, 15) is 23.1 Å². The number of hydrogen-bond donors (Lipinski definition) is 3. The molecule has 5 nitrogen and oxygen atoms in total. The number of halogens is 3. The maximum absolute atomic E-state index is 11.8. The minimum atomic E-state index is -4.43. The summed E-state index contributed by atoms with van der Waals surface area (Å²) in [6, 6.07) is -0.923. The highest BCUT2D eigenvalue weighted by molar-refractivity contribution is 5.73. The van der Waals surface area contributed by atoms with Crippen LogP contribution in [0.3, 0.4) is 0 Å². The molecule has 2 amide bonds. The first-order valence-electron chi connectivity index (χ1n) is 5.86. The Balaban J connectivity index is 2.09. The molecule has 0 bridgehead atoms. The van der Waals surface area contributed by atoms with Crippen molar-refractivity contribution in [2.75, 3.05) is 32.7 Å². The number of aliphatic hydroxyl groups excluding tert-OH is 1. The molecule has 3 N–H and O–H groups in total. The first-order valence-corrected chi connectivity index (χ1v) is 5.86. The van der Waals surface area contributed by atoms with Gasteiger partial charge in [0, 0.05) is 13.1 Å². The molecule has 0 saturated carbocycles. The van der Waals surface area contributed by atoms with Gasteiger partial charge < -0.3 is 20.6 Å². The lowest BCUT2D eigenvalue weighted by Gasteiger charge is -2.19. The van der Waals surface area contributed by atoms with Gasteiger partial charge in [-0.15, -0.1) is 0 Å². The average molecular weight is 269 g/mol. The smallest absolute Gasteiger partial charge is 0.390 e. The molecule has 0 aromatic carbocycles. The van der Waals surface area contributed by atoms with Gasteiger partial charge in [0.25, 0.3) is 0 Å². The first kappa shape index (κ1) is 15.0. The second-order valence-electron chi connectivity index (χ2n) is 4.34. The summed E-state index contributed by atoms with van der Waals surface area (Å²) in [6.45, 7) is 0.829. The van der Waals surface area contributed by atoms with Crippen LogP contribution in [0.1, 0.15) is 12.8 Å². The van der Waals surface area contributed by atoms with Gasteiger partial charge in [-0.25, -0.2) is 4.79 Å². The molecule has 0 aliphatic carbocycles. The van der Waals surface area contributed by atoms with Crippen molar-refractivity contribution in [1.29, 1.82) is 0 Å². The van der Waals surface area contributed by atoms with Gasteiger partial charge in [-0.1, -0.05) is 0 Å². The van der Waals surface area contributed by atoms with Crippen LogP contribution in [0.2, 0.25) is 0 Å². The number of urea groups is 1. The van der Waals surface area contributed by atoms with Gasteiger partial charge in [-0.05, 0) is 25.9 Å². The van der Waals surface area contributed by atoms with Crippen LogP contribution in [0.4, 0.5) is 18.0 Å². The Hall–Kier alpha value is -1.02. The molecular weight excluding hydrogens is 251 g/mol. The third-order valence-corrected chi connectivity index (χ3v) is 2.62. The molecule has 1 heterocycles. The Labute approximate surface area is 103 Å². The van der Waals surface area contributed by atoms with Gasteiger partial charge in [-0.3, -0.25) is 0 Å². The summed E-state index contributed by atoms with van der Waals surface area (Å²) in [5.74, 6) is 0. The van der Waals surface area contributed by atoms with Crippen molar-refractivity contribution in [2.24, 2.45) is 0 Å². The van der Waals surface area contributed by atoms with E-state index in [-0.39, 0.29) is 6.54 Å². The fraction of sp³-hybridized carbons (Fsp3) is 0.900. The number of nitrogens with one attached hydrogen (secondary N) is 2. The number of rotatable bonds is 5. The summed E-state index contributed by atoms with van der Waals surface area (Å²) >= 11 is 0. The van der Waals surface area contributed by atoms with E-state index in [0.717, 1.165) is 25.9 Å². The number of likely N-dealkylation sites (tertiary alicyclic amines) is 1. The monoisotopic (exact) mass is 269 g/mol. The summed E-state index contributed by atoms with van der Waals surface area (Å²) in [5.41, 5.74) is 0. The van der Waals surface area contributed by atoms with E-state index in [1.807, 2.05) is 0 Å². The molecular formula is C10H18F3N3O2. The second kappa shape index (κ2) is 6.79. The molecule has 0 aromatic heterocycles. The fourth-order valence-corrected chi connectivity index (χ4v) is 1.78. The Kier molecular flexibility index (Phi) is 5.67. The predicted octanol–water partition coefficient (Wildman–Crippen LogP) is 0.305. The van der Waals surface area contributed by atoms with Crippen molar-refractivity contribution >= 4 is 6.03 Å². The molecule has 8 heteroatoms. The maximum atomic E-state index is 11.8. The normalized spacial score (nSPS) is 18.7. The predicted molar refractivity (Wildman–Crippen MR) is 59.1 cm³/mol. The zero-order valence-electron chi connectivity index (χ0n) is 9.96. The van der Waals surface area contributed by atoms with Gasteiger partial charge in [0.15, 0.2) is 0 Å². The van der Waals surface area contributed by atoms with Gasteiger partial charge in [-0.2, -0.15) is 13.2 Å².